The van der Waals surface area contributed by atoms with E-state index in [1.807, 2.05) is 12.2 Å². The van der Waals surface area contributed by atoms with Crippen molar-refractivity contribution in [2.45, 2.75) is 0 Å². The molecule has 2 heterocycles. The Morgan fingerprint density at radius 2 is 2.40 bits per heavy atom. The van der Waals surface area contributed by atoms with Crippen LogP contribution in [0.25, 0.3) is 5.70 Å². The zero-order valence-corrected chi connectivity index (χ0v) is 5.75. The molecule has 1 aliphatic heterocycles. The molecular weight excluding hydrogens is 148 g/mol. The highest BCUT2D eigenvalue weighted by atomic mass is 32.1. The van der Waals surface area contributed by atoms with Crippen molar-refractivity contribution >= 4 is 17.2 Å². The summed E-state index contributed by atoms with van der Waals surface area (Å²) in [6.45, 7) is 0. The van der Waals surface area contributed by atoms with Gasteiger partial charge in [0.15, 0.2) is 5.01 Å². The minimum absolute atomic E-state index is 0.769. The Balaban J connectivity index is 2.30. The van der Waals surface area contributed by atoms with E-state index in [2.05, 4.69) is 20.1 Å². The first-order valence-electron chi connectivity index (χ1n) is 2.70. The quantitative estimate of drug-likeness (QED) is 0.584. The van der Waals surface area contributed by atoms with Crippen molar-refractivity contribution in [3.8, 4) is 0 Å². The molecule has 1 radical (unpaired) electrons. The fraction of sp³-hybridized carbons (Fsp3) is 0. The summed E-state index contributed by atoms with van der Waals surface area (Å²) < 4.78 is 3.62. The van der Waals surface area contributed by atoms with Crippen molar-refractivity contribution < 1.29 is 0 Å². The first-order valence-corrected chi connectivity index (χ1v) is 3.47. The molecule has 0 spiro atoms. The van der Waals surface area contributed by atoms with Gasteiger partial charge in [-0.15, -0.1) is 5.10 Å². The summed E-state index contributed by atoms with van der Waals surface area (Å²) >= 11 is 1.25. The predicted molar refractivity (Wildman–Crippen MR) is 37.0 cm³/mol. The Labute approximate surface area is 61.4 Å². The van der Waals surface area contributed by atoms with Crippen LogP contribution >= 0.6 is 11.5 Å². The van der Waals surface area contributed by atoms with Crippen LogP contribution in [0, 0.1) is 0 Å². The van der Waals surface area contributed by atoms with Crippen molar-refractivity contribution in [2.75, 3.05) is 0 Å². The zero-order valence-electron chi connectivity index (χ0n) is 4.93. The van der Waals surface area contributed by atoms with Gasteiger partial charge in [-0.05, 0) is 17.4 Å². The van der Waals surface area contributed by atoms with Gasteiger partial charge in [0.05, 0.1) is 0 Å². The lowest BCUT2D eigenvalue weighted by Crippen LogP contribution is -1.90. The molecule has 0 N–H and O–H groups in total. The van der Waals surface area contributed by atoms with Crippen molar-refractivity contribution in [2.24, 2.45) is 0 Å². The van der Waals surface area contributed by atoms with Crippen molar-refractivity contribution in [3.05, 3.63) is 23.4 Å². The third-order valence-corrected chi connectivity index (χ3v) is 1.69. The Bertz CT molecular complexity index is 274. The third kappa shape index (κ3) is 0.801. The average Bonchev–Trinajstić information content (AvgIpc) is 2.59. The molecule has 0 bridgehead atoms. The molecule has 0 unspecified atom stereocenters. The van der Waals surface area contributed by atoms with Crippen LogP contribution in [-0.2, 0) is 0 Å². The van der Waals surface area contributed by atoms with E-state index in [0.717, 1.165) is 10.7 Å². The van der Waals surface area contributed by atoms with E-state index in [1.54, 1.807) is 6.20 Å². The normalized spacial score (nSPS) is 15.0. The molecule has 0 aliphatic carbocycles. The zero-order chi connectivity index (χ0) is 6.81. The molecule has 1 aliphatic rings. The van der Waals surface area contributed by atoms with Gasteiger partial charge in [0, 0.05) is 17.7 Å². The minimum atomic E-state index is 0.769. The van der Waals surface area contributed by atoms with Crippen LogP contribution in [0.1, 0.15) is 5.01 Å². The van der Waals surface area contributed by atoms with Gasteiger partial charge in [0.1, 0.15) is 5.70 Å². The van der Waals surface area contributed by atoms with E-state index in [-0.39, 0.29) is 0 Å². The summed E-state index contributed by atoms with van der Waals surface area (Å²) in [5.74, 6) is 0. The highest BCUT2D eigenvalue weighted by Crippen LogP contribution is 2.15. The van der Waals surface area contributed by atoms with Gasteiger partial charge < -0.3 is 0 Å². The van der Waals surface area contributed by atoms with Gasteiger partial charge in [-0.2, -0.15) is 0 Å². The largest absolute Gasteiger partial charge is 0.254 e. The third-order valence-electron chi connectivity index (χ3n) is 1.07. The van der Waals surface area contributed by atoms with E-state index in [4.69, 9.17) is 0 Å². The van der Waals surface area contributed by atoms with Gasteiger partial charge in [-0.3, -0.25) is 5.32 Å². The first kappa shape index (κ1) is 5.55. The minimum Gasteiger partial charge on any atom is -0.254 e. The van der Waals surface area contributed by atoms with Crippen LogP contribution in [0.2, 0.25) is 0 Å². The fourth-order valence-electron chi connectivity index (χ4n) is 0.659. The van der Waals surface area contributed by atoms with Gasteiger partial charge in [0.25, 0.3) is 0 Å². The van der Waals surface area contributed by atoms with E-state index in [9.17, 15) is 0 Å². The second-order valence-corrected chi connectivity index (χ2v) is 2.42. The summed E-state index contributed by atoms with van der Waals surface area (Å²) in [6, 6.07) is 0. The van der Waals surface area contributed by atoms with Crippen LogP contribution < -0.4 is 5.32 Å². The van der Waals surface area contributed by atoms with Crippen molar-refractivity contribution in [3.63, 3.8) is 0 Å². The maximum atomic E-state index is 4.03. The van der Waals surface area contributed by atoms with Gasteiger partial charge >= 0.3 is 0 Å². The second kappa shape index (κ2) is 2.18. The lowest BCUT2D eigenvalue weighted by atomic mass is 10.4. The summed E-state index contributed by atoms with van der Waals surface area (Å²) in [6.07, 6.45) is 5.45. The number of aromatic nitrogens is 3. The maximum absolute atomic E-state index is 4.03. The Morgan fingerprint density at radius 1 is 1.40 bits per heavy atom. The summed E-state index contributed by atoms with van der Waals surface area (Å²) in [7, 11) is 0. The standard InChI is InChI=1S/C5H3N4S/c1-2-4(6-3-1)5-7-8-9-10-5/h1-3H. The number of allylic oxidation sites excluding steroid dienone is 2. The van der Waals surface area contributed by atoms with Crippen LogP contribution in [0.5, 0.6) is 0 Å². The number of hydrogen-bond donors (Lipinski definition) is 0. The molecule has 0 amide bonds. The Morgan fingerprint density at radius 3 is 3.00 bits per heavy atom. The number of hydrogen-bond acceptors (Lipinski definition) is 4. The highest BCUT2D eigenvalue weighted by Gasteiger charge is 2.07. The summed E-state index contributed by atoms with van der Waals surface area (Å²) in [5, 5.41) is 12.0. The van der Waals surface area contributed by atoms with Crippen molar-refractivity contribution in [1.29, 1.82) is 0 Å². The summed E-state index contributed by atoms with van der Waals surface area (Å²) in [5.41, 5.74) is 0.843. The summed E-state index contributed by atoms with van der Waals surface area (Å²) in [4.78, 5) is 0. The molecule has 1 aromatic rings. The lowest BCUT2D eigenvalue weighted by Gasteiger charge is -1.88. The van der Waals surface area contributed by atoms with Crippen LogP contribution in [0.15, 0.2) is 18.4 Å². The van der Waals surface area contributed by atoms with E-state index in [0.29, 0.717) is 0 Å². The molecule has 49 valence electrons. The van der Waals surface area contributed by atoms with Crippen LogP contribution in [-0.4, -0.2) is 14.8 Å². The molecule has 4 nitrogen and oxygen atoms in total. The first-order chi connectivity index (χ1) is 4.97. The lowest BCUT2D eigenvalue weighted by molar-refractivity contribution is 0.945. The molecule has 0 fully saturated rings. The van der Waals surface area contributed by atoms with Gasteiger partial charge in [-0.25, -0.2) is 0 Å². The molecule has 0 saturated carbocycles. The molecular formula is C5H3N4S. The van der Waals surface area contributed by atoms with E-state index >= 15 is 0 Å². The highest BCUT2D eigenvalue weighted by molar-refractivity contribution is 7.06. The van der Waals surface area contributed by atoms with E-state index in [1.165, 1.54) is 11.5 Å². The smallest absolute Gasteiger partial charge is 0.186 e. The Kier molecular flexibility index (Phi) is 1.21. The molecule has 0 aromatic carbocycles. The molecule has 0 saturated heterocycles. The van der Waals surface area contributed by atoms with Gasteiger partial charge in [-0.1, -0.05) is 4.49 Å². The number of rotatable bonds is 1. The van der Waals surface area contributed by atoms with Crippen molar-refractivity contribution in [1.82, 2.24) is 20.1 Å². The maximum Gasteiger partial charge on any atom is 0.186 e. The Hall–Kier alpha value is -1.23. The fourth-order valence-corrected chi connectivity index (χ4v) is 1.10. The topological polar surface area (TPSA) is 52.8 Å². The molecule has 10 heavy (non-hydrogen) atoms. The molecule has 2 rings (SSSR count). The molecule has 1 aromatic heterocycles. The van der Waals surface area contributed by atoms with Gasteiger partial charge in [0.2, 0.25) is 0 Å². The predicted octanol–water partition coefficient (Wildman–Crippen LogP) is 0.406. The SMILES string of the molecule is C1=C[N]C(c2nnns2)=C1. The van der Waals surface area contributed by atoms with E-state index < -0.39 is 0 Å². The average molecular weight is 151 g/mol. The second-order valence-electron chi connectivity index (χ2n) is 1.69. The molecule has 0 atom stereocenters. The monoisotopic (exact) mass is 151 g/mol. The molecule has 5 heteroatoms. The van der Waals surface area contributed by atoms with Crippen LogP contribution in [0.4, 0.5) is 0 Å². The van der Waals surface area contributed by atoms with Crippen LogP contribution in [0.3, 0.4) is 0 Å². The number of nitrogens with zero attached hydrogens (tertiary/aromatic N) is 4.